The molecule has 1 aromatic heterocycles. The van der Waals surface area contributed by atoms with Crippen LogP contribution in [0.1, 0.15) is 37.9 Å². The Labute approximate surface area is 115 Å². The van der Waals surface area contributed by atoms with Gasteiger partial charge >= 0.3 is 0 Å². The van der Waals surface area contributed by atoms with E-state index in [1.165, 1.54) is 18.4 Å². The molecule has 1 aromatic rings. The van der Waals surface area contributed by atoms with E-state index in [-0.39, 0.29) is 0 Å². The monoisotopic (exact) mass is 263 g/mol. The van der Waals surface area contributed by atoms with Crippen LogP contribution in [-0.2, 0) is 20.0 Å². The summed E-state index contributed by atoms with van der Waals surface area (Å²) >= 11 is 0. The fraction of sp³-hybridized carbons (Fsp3) is 0.714. The van der Waals surface area contributed by atoms with Crippen molar-refractivity contribution in [1.82, 2.24) is 14.7 Å². The Morgan fingerprint density at radius 2 is 2.16 bits per heavy atom. The highest BCUT2D eigenvalue weighted by atomic mass is 15.3. The predicted octanol–water partition coefficient (Wildman–Crippen LogP) is 1.53. The largest absolute Gasteiger partial charge is 0.370 e. The van der Waals surface area contributed by atoms with Gasteiger partial charge in [0.15, 0.2) is 5.96 Å². The molecule has 1 fully saturated rings. The van der Waals surface area contributed by atoms with Gasteiger partial charge in [0.2, 0.25) is 0 Å². The van der Waals surface area contributed by atoms with Gasteiger partial charge in [-0.05, 0) is 25.2 Å². The van der Waals surface area contributed by atoms with Crippen molar-refractivity contribution < 1.29 is 0 Å². The van der Waals surface area contributed by atoms with E-state index in [2.05, 4.69) is 28.8 Å². The van der Waals surface area contributed by atoms with Crippen molar-refractivity contribution in [2.75, 3.05) is 13.1 Å². The highest BCUT2D eigenvalue weighted by Gasteiger charge is 2.17. The van der Waals surface area contributed by atoms with E-state index in [1.54, 1.807) is 0 Å². The van der Waals surface area contributed by atoms with Crippen LogP contribution in [0.15, 0.2) is 11.2 Å². The Bertz CT molecular complexity index is 441. The van der Waals surface area contributed by atoms with Gasteiger partial charge in [-0.15, -0.1) is 0 Å². The molecule has 0 aliphatic carbocycles. The van der Waals surface area contributed by atoms with Gasteiger partial charge in [-0.3, -0.25) is 4.68 Å². The van der Waals surface area contributed by atoms with Gasteiger partial charge in [0.25, 0.3) is 0 Å². The Hall–Kier alpha value is -1.52. The summed E-state index contributed by atoms with van der Waals surface area (Å²) in [7, 11) is 1.95. The molecule has 1 aliphatic rings. The standard InChI is InChI=1S/C14H25N5/c1-4-13-12(10-18(3)17-13)9-16-14(15)19-7-5-11(2)6-8-19/h10-11H,4-9H2,1-3H3,(H2,15,16). The summed E-state index contributed by atoms with van der Waals surface area (Å²) in [6.07, 6.45) is 5.40. The fourth-order valence-electron chi connectivity index (χ4n) is 2.52. The summed E-state index contributed by atoms with van der Waals surface area (Å²) in [4.78, 5) is 6.73. The Kier molecular flexibility index (Phi) is 4.45. The molecule has 1 saturated heterocycles. The zero-order chi connectivity index (χ0) is 13.8. The van der Waals surface area contributed by atoms with Gasteiger partial charge in [0.05, 0.1) is 12.2 Å². The normalized spacial score (nSPS) is 18.1. The van der Waals surface area contributed by atoms with Crippen LogP contribution >= 0.6 is 0 Å². The maximum absolute atomic E-state index is 6.09. The molecule has 0 bridgehead atoms. The van der Waals surface area contributed by atoms with E-state index in [9.17, 15) is 0 Å². The first-order chi connectivity index (χ1) is 9.10. The maximum Gasteiger partial charge on any atom is 0.191 e. The van der Waals surface area contributed by atoms with Crippen LogP contribution in [0.5, 0.6) is 0 Å². The van der Waals surface area contributed by atoms with Crippen molar-refractivity contribution >= 4 is 5.96 Å². The molecule has 0 unspecified atom stereocenters. The topological polar surface area (TPSA) is 59.4 Å². The van der Waals surface area contributed by atoms with Crippen molar-refractivity contribution in [1.29, 1.82) is 0 Å². The molecular weight excluding hydrogens is 238 g/mol. The zero-order valence-electron chi connectivity index (χ0n) is 12.3. The molecule has 5 heteroatoms. The number of piperidine rings is 1. The fourth-order valence-corrected chi connectivity index (χ4v) is 2.52. The average molecular weight is 263 g/mol. The summed E-state index contributed by atoms with van der Waals surface area (Å²) in [6, 6.07) is 0. The minimum absolute atomic E-state index is 0.634. The summed E-state index contributed by atoms with van der Waals surface area (Å²) < 4.78 is 1.85. The Morgan fingerprint density at radius 3 is 2.79 bits per heavy atom. The number of nitrogens with two attached hydrogens (primary N) is 1. The first kappa shape index (κ1) is 13.9. The van der Waals surface area contributed by atoms with Gasteiger partial charge < -0.3 is 10.6 Å². The molecule has 2 rings (SSSR count). The van der Waals surface area contributed by atoms with Crippen molar-refractivity contribution in [2.45, 2.75) is 39.7 Å². The van der Waals surface area contributed by atoms with Crippen LogP contribution < -0.4 is 5.73 Å². The van der Waals surface area contributed by atoms with E-state index >= 15 is 0 Å². The van der Waals surface area contributed by atoms with E-state index in [0.29, 0.717) is 12.5 Å². The second kappa shape index (κ2) is 6.08. The lowest BCUT2D eigenvalue weighted by Crippen LogP contribution is -2.42. The van der Waals surface area contributed by atoms with E-state index < -0.39 is 0 Å². The van der Waals surface area contributed by atoms with Crippen molar-refractivity contribution in [3.8, 4) is 0 Å². The van der Waals surface area contributed by atoms with Gasteiger partial charge in [0.1, 0.15) is 0 Å². The molecule has 0 amide bonds. The number of guanidine groups is 1. The first-order valence-corrected chi connectivity index (χ1v) is 7.16. The van der Waals surface area contributed by atoms with Crippen molar-refractivity contribution in [3.05, 3.63) is 17.5 Å². The maximum atomic E-state index is 6.09. The van der Waals surface area contributed by atoms with Crippen LogP contribution in [-0.4, -0.2) is 33.7 Å². The number of aliphatic imine (C=N–C) groups is 1. The molecule has 0 spiro atoms. The quantitative estimate of drug-likeness (QED) is 0.664. The molecule has 2 N–H and O–H groups in total. The van der Waals surface area contributed by atoms with Crippen LogP contribution in [0.3, 0.4) is 0 Å². The number of likely N-dealkylation sites (tertiary alicyclic amines) is 1. The highest BCUT2D eigenvalue weighted by molar-refractivity contribution is 5.78. The van der Waals surface area contributed by atoms with Crippen LogP contribution in [0.2, 0.25) is 0 Å². The minimum Gasteiger partial charge on any atom is -0.370 e. The van der Waals surface area contributed by atoms with Crippen molar-refractivity contribution in [3.63, 3.8) is 0 Å². The number of hydrogen-bond donors (Lipinski definition) is 1. The second-order valence-electron chi connectivity index (χ2n) is 5.47. The predicted molar refractivity (Wildman–Crippen MR) is 77.9 cm³/mol. The Balaban J connectivity index is 1.97. The third kappa shape index (κ3) is 3.49. The average Bonchev–Trinajstić information content (AvgIpc) is 2.77. The molecule has 0 aromatic carbocycles. The molecule has 2 heterocycles. The molecule has 0 atom stereocenters. The molecule has 0 saturated carbocycles. The highest BCUT2D eigenvalue weighted by Crippen LogP contribution is 2.16. The van der Waals surface area contributed by atoms with E-state index in [0.717, 1.165) is 31.1 Å². The summed E-state index contributed by atoms with van der Waals surface area (Å²) in [5.74, 6) is 1.49. The van der Waals surface area contributed by atoms with Crippen molar-refractivity contribution in [2.24, 2.45) is 23.7 Å². The molecule has 5 nitrogen and oxygen atoms in total. The molecular formula is C14H25N5. The summed E-state index contributed by atoms with van der Waals surface area (Å²) in [5, 5.41) is 4.42. The Morgan fingerprint density at radius 1 is 1.47 bits per heavy atom. The number of aromatic nitrogens is 2. The number of rotatable bonds is 3. The SMILES string of the molecule is CCc1nn(C)cc1CN=C(N)N1CCC(C)CC1. The lowest BCUT2D eigenvalue weighted by molar-refractivity contribution is 0.277. The molecule has 19 heavy (non-hydrogen) atoms. The van der Waals surface area contributed by atoms with Gasteiger partial charge in [-0.25, -0.2) is 4.99 Å². The zero-order valence-corrected chi connectivity index (χ0v) is 12.3. The second-order valence-corrected chi connectivity index (χ2v) is 5.47. The lowest BCUT2D eigenvalue weighted by Gasteiger charge is -2.31. The van der Waals surface area contributed by atoms with Crippen LogP contribution in [0.25, 0.3) is 0 Å². The molecule has 1 aliphatic heterocycles. The van der Waals surface area contributed by atoms with Gasteiger partial charge in [0, 0.05) is 31.9 Å². The molecule has 0 radical (unpaired) electrons. The summed E-state index contributed by atoms with van der Waals surface area (Å²) in [5.41, 5.74) is 8.38. The van der Waals surface area contributed by atoms with Crippen LogP contribution in [0, 0.1) is 5.92 Å². The lowest BCUT2D eigenvalue weighted by atomic mass is 10.00. The van der Waals surface area contributed by atoms with Gasteiger partial charge in [-0.1, -0.05) is 13.8 Å². The number of hydrogen-bond acceptors (Lipinski definition) is 2. The number of aryl methyl sites for hydroxylation is 2. The van der Waals surface area contributed by atoms with E-state index in [1.807, 2.05) is 17.9 Å². The first-order valence-electron chi connectivity index (χ1n) is 7.16. The summed E-state index contributed by atoms with van der Waals surface area (Å²) in [6.45, 7) is 7.11. The molecule has 106 valence electrons. The number of nitrogens with zero attached hydrogens (tertiary/aromatic N) is 4. The third-order valence-electron chi connectivity index (χ3n) is 3.85. The smallest absolute Gasteiger partial charge is 0.191 e. The van der Waals surface area contributed by atoms with Gasteiger partial charge in [-0.2, -0.15) is 5.10 Å². The van der Waals surface area contributed by atoms with Crippen LogP contribution in [0.4, 0.5) is 0 Å². The third-order valence-corrected chi connectivity index (χ3v) is 3.85. The van der Waals surface area contributed by atoms with E-state index in [4.69, 9.17) is 5.73 Å². The minimum atomic E-state index is 0.634.